The normalized spacial score (nSPS) is 31.4. The van der Waals surface area contributed by atoms with Crippen molar-refractivity contribution < 1.29 is 0 Å². The van der Waals surface area contributed by atoms with Crippen LogP contribution in [0.25, 0.3) is 0 Å². The molecule has 2 saturated carbocycles. The van der Waals surface area contributed by atoms with Crippen molar-refractivity contribution in [1.82, 2.24) is 0 Å². The third kappa shape index (κ3) is 5.37. The van der Waals surface area contributed by atoms with Gasteiger partial charge in [-0.25, -0.2) is 0 Å². The fraction of sp³-hybridized carbons (Fsp3) is 0.731. The van der Waals surface area contributed by atoms with Gasteiger partial charge in [0.1, 0.15) is 0 Å². The zero-order valence-electron chi connectivity index (χ0n) is 17.7. The number of nitrogens with zero attached hydrogens (tertiary/aromatic N) is 1. The Labute approximate surface area is 167 Å². The molecule has 0 saturated heterocycles. The molecule has 3 rings (SSSR count). The van der Waals surface area contributed by atoms with E-state index in [2.05, 4.69) is 44.2 Å². The van der Waals surface area contributed by atoms with Crippen molar-refractivity contribution in [1.29, 1.82) is 5.26 Å². The Hall–Kier alpha value is -1.29. The zero-order chi connectivity index (χ0) is 19.1. The third-order valence-electron chi connectivity index (χ3n) is 7.81. The summed E-state index contributed by atoms with van der Waals surface area (Å²) < 4.78 is 0. The highest BCUT2D eigenvalue weighted by atomic mass is 14.4. The average molecular weight is 366 g/mol. The third-order valence-corrected chi connectivity index (χ3v) is 7.81. The van der Waals surface area contributed by atoms with Gasteiger partial charge in [0.25, 0.3) is 0 Å². The Balaban J connectivity index is 1.44. The van der Waals surface area contributed by atoms with Crippen LogP contribution in [0.15, 0.2) is 24.3 Å². The molecule has 0 amide bonds. The van der Waals surface area contributed by atoms with Crippen LogP contribution in [0.4, 0.5) is 0 Å². The summed E-state index contributed by atoms with van der Waals surface area (Å²) in [6.07, 6.45) is 16.8. The minimum Gasteiger partial charge on any atom is -0.198 e. The molecule has 2 fully saturated rings. The highest BCUT2D eigenvalue weighted by molar-refractivity contribution is 5.26. The van der Waals surface area contributed by atoms with Crippen LogP contribution in [-0.4, -0.2) is 0 Å². The van der Waals surface area contributed by atoms with Crippen LogP contribution in [0.5, 0.6) is 0 Å². The minimum absolute atomic E-state index is 0.0351. The lowest BCUT2D eigenvalue weighted by Crippen LogP contribution is -2.24. The van der Waals surface area contributed by atoms with Gasteiger partial charge in [-0.05, 0) is 73.8 Å². The predicted octanol–water partition coefficient (Wildman–Crippen LogP) is 7.80. The topological polar surface area (TPSA) is 23.8 Å². The van der Waals surface area contributed by atoms with Gasteiger partial charge in [0, 0.05) is 0 Å². The Morgan fingerprint density at radius 3 is 2.00 bits per heavy atom. The number of aryl methyl sites for hydroxylation is 1. The van der Waals surface area contributed by atoms with E-state index in [9.17, 15) is 5.26 Å². The summed E-state index contributed by atoms with van der Waals surface area (Å²) in [5, 5.41) is 9.49. The molecule has 1 aromatic rings. The molecule has 148 valence electrons. The van der Waals surface area contributed by atoms with Gasteiger partial charge < -0.3 is 0 Å². The van der Waals surface area contributed by atoms with Crippen molar-refractivity contribution in [3.63, 3.8) is 0 Å². The van der Waals surface area contributed by atoms with E-state index in [1.165, 1.54) is 75.3 Å². The molecule has 0 atom stereocenters. The Bertz CT molecular complexity index is 592. The Kier molecular flexibility index (Phi) is 7.40. The number of benzene rings is 1. The fourth-order valence-corrected chi connectivity index (χ4v) is 5.59. The lowest BCUT2D eigenvalue weighted by atomic mass is 9.68. The van der Waals surface area contributed by atoms with Crippen LogP contribution in [-0.2, 0) is 6.42 Å². The maximum atomic E-state index is 9.49. The van der Waals surface area contributed by atoms with Crippen LogP contribution in [0.3, 0.4) is 0 Å². The summed E-state index contributed by atoms with van der Waals surface area (Å²) >= 11 is 0. The Morgan fingerprint density at radius 1 is 0.889 bits per heavy atom. The van der Waals surface area contributed by atoms with Gasteiger partial charge in [0.15, 0.2) is 0 Å². The molecule has 0 bridgehead atoms. The zero-order valence-corrected chi connectivity index (χ0v) is 17.7. The average Bonchev–Trinajstić information content (AvgIpc) is 2.74. The van der Waals surface area contributed by atoms with Gasteiger partial charge in [0.05, 0.1) is 11.5 Å². The van der Waals surface area contributed by atoms with Crippen LogP contribution >= 0.6 is 0 Å². The van der Waals surface area contributed by atoms with E-state index in [0.29, 0.717) is 5.92 Å². The first-order valence-electron chi connectivity index (χ1n) is 11.7. The first kappa shape index (κ1) is 20.4. The van der Waals surface area contributed by atoms with E-state index in [0.717, 1.165) is 31.1 Å². The van der Waals surface area contributed by atoms with Crippen molar-refractivity contribution in [3.8, 4) is 6.07 Å². The first-order valence-corrected chi connectivity index (χ1v) is 11.7. The molecule has 0 aliphatic heterocycles. The van der Waals surface area contributed by atoms with Gasteiger partial charge in [-0.1, -0.05) is 76.6 Å². The molecule has 0 spiro atoms. The predicted molar refractivity (Wildman–Crippen MR) is 115 cm³/mol. The van der Waals surface area contributed by atoms with Crippen LogP contribution < -0.4 is 0 Å². The van der Waals surface area contributed by atoms with Gasteiger partial charge >= 0.3 is 0 Å². The molecule has 0 radical (unpaired) electrons. The van der Waals surface area contributed by atoms with Gasteiger partial charge in [-0.3, -0.25) is 0 Å². The van der Waals surface area contributed by atoms with E-state index in [4.69, 9.17) is 0 Å². The summed E-state index contributed by atoms with van der Waals surface area (Å²) in [7, 11) is 0. The number of nitriles is 1. The van der Waals surface area contributed by atoms with E-state index in [1.807, 2.05) is 0 Å². The highest BCUT2D eigenvalue weighted by Gasteiger charge is 2.34. The molecule has 1 nitrogen and oxygen atoms in total. The second-order valence-corrected chi connectivity index (χ2v) is 9.48. The molecule has 1 aromatic carbocycles. The maximum Gasteiger partial charge on any atom is 0.0689 e. The highest BCUT2D eigenvalue weighted by Crippen LogP contribution is 2.44. The van der Waals surface area contributed by atoms with Crippen LogP contribution in [0.1, 0.15) is 108 Å². The largest absolute Gasteiger partial charge is 0.198 e. The minimum atomic E-state index is -0.0351. The quantitative estimate of drug-likeness (QED) is 0.483. The van der Waals surface area contributed by atoms with E-state index in [1.54, 1.807) is 0 Å². The molecule has 0 unspecified atom stereocenters. The molecule has 27 heavy (non-hydrogen) atoms. The monoisotopic (exact) mass is 365 g/mol. The molecule has 0 N–H and O–H groups in total. The van der Waals surface area contributed by atoms with E-state index >= 15 is 0 Å². The first-order chi connectivity index (χ1) is 13.2. The summed E-state index contributed by atoms with van der Waals surface area (Å²) in [6, 6.07) is 12.1. The fourth-order valence-electron chi connectivity index (χ4n) is 5.59. The second-order valence-electron chi connectivity index (χ2n) is 9.48. The van der Waals surface area contributed by atoms with Crippen molar-refractivity contribution in [2.45, 2.75) is 103 Å². The molecular formula is C26H39N. The lowest BCUT2D eigenvalue weighted by molar-refractivity contribution is 0.238. The smallest absolute Gasteiger partial charge is 0.0689 e. The molecule has 2 aliphatic carbocycles. The molecule has 1 heteroatoms. The SMILES string of the molecule is CCCC1CCC(CCc2ccc(C3CCC(C#N)(CC)CC3)cc2)CC1. The number of hydrogen-bond acceptors (Lipinski definition) is 1. The van der Waals surface area contributed by atoms with Crippen LogP contribution in [0.2, 0.25) is 0 Å². The van der Waals surface area contributed by atoms with Gasteiger partial charge in [-0.15, -0.1) is 0 Å². The molecule has 0 heterocycles. The number of hydrogen-bond donors (Lipinski definition) is 0. The van der Waals surface area contributed by atoms with Crippen molar-refractivity contribution >= 4 is 0 Å². The summed E-state index contributed by atoms with van der Waals surface area (Å²) in [5.74, 6) is 2.65. The van der Waals surface area contributed by atoms with Gasteiger partial charge in [-0.2, -0.15) is 5.26 Å². The van der Waals surface area contributed by atoms with Crippen molar-refractivity contribution in [3.05, 3.63) is 35.4 Å². The second kappa shape index (κ2) is 9.77. The summed E-state index contributed by atoms with van der Waals surface area (Å²) in [6.45, 7) is 4.50. The maximum absolute atomic E-state index is 9.49. The molecular weight excluding hydrogens is 326 g/mol. The summed E-state index contributed by atoms with van der Waals surface area (Å²) in [5.41, 5.74) is 2.98. The van der Waals surface area contributed by atoms with E-state index < -0.39 is 0 Å². The Morgan fingerprint density at radius 2 is 1.48 bits per heavy atom. The molecule has 2 aliphatic rings. The molecule has 0 aromatic heterocycles. The lowest BCUT2D eigenvalue weighted by Gasteiger charge is -2.34. The van der Waals surface area contributed by atoms with Gasteiger partial charge in [0.2, 0.25) is 0 Å². The standard InChI is InChI=1S/C26H39N/c1-3-5-21-6-8-22(9-7-21)10-11-23-12-14-24(15-13-23)25-16-18-26(4-2,20-27)19-17-25/h12-15,21-22,25H,3-11,16-19H2,1-2H3. The van der Waals surface area contributed by atoms with E-state index in [-0.39, 0.29) is 5.41 Å². The van der Waals surface area contributed by atoms with Crippen molar-refractivity contribution in [2.24, 2.45) is 17.3 Å². The van der Waals surface area contributed by atoms with Crippen LogP contribution in [0, 0.1) is 28.6 Å². The number of rotatable bonds is 7. The van der Waals surface area contributed by atoms with Crippen molar-refractivity contribution in [2.75, 3.05) is 0 Å². The summed E-state index contributed by atoms with van der Waals surface area (Å²) in [4.78, 5) is 0.